The summed E-state index contributed by atoms with van der Waals surface area (Å²) in [5, 5.41) is 25.7. The highest BCUT2D eigenvalue weighted by Crippen LogP contribution is 2.32. The van der Waals surface area contributed by atoms with Gasteiger partial charge in [0.15, 0.2) is 5.76 Å². The first kappa shape index (κ1) is 14.9. The van der Waals surface area contributed by atoms with E-state index in [4.69, 9.17) is 9.73 Å². The number of benzene rings is 1. The molecule has 0 saturated heterocycles. The van der Waals surface area contributed by atoms with Gasteiger partial charge in [0.25, 0.3) is 0 Å². The molecule has 2 aromatic heterocycles. The van der Waals surface area contributed by atoms with Gasteiger partial charge in [-0.3, -0.25) is 0 Å². The molecular weight excluding hydrogens is 294 g/mol. The van der Waals surface area contributed by atoms with Crippen molar-refractivity contribution in [1.29, 1.82) is 0 Å². The molecule has 0 saturated carbocycles. The van der Waals surface area contributed by atoms with Gasteiger partial charge in [0, 0.05) is 0 Å². The van der Waals surface area contributed by atoms with E-state index >= 15 is 0 Å². The van der Waals surface area contributed by atoms with Crippen LogP contribution in [-0.2, 0) is 0 Å². The van der Waals surface area contributed by atoms with Crippen LogP contribution in [0.1, 0.15) is 22.7 Å². The van der Waals surface area contributed by atoms with E-state index in [2.05, 4.69) is 10.3 Å². The van der Waals surface area contributed by atoms with Crippen molar-refractivity contribution >= 4 is 6.21 Å². The lowest BCUT2D eigenvalue weighted by Crippen LogP contribution is -2.04. The van der Waals surface area contributed by atoms with Crippen LogP contribution in [0.3, 0.4) is 0 Å². The molecule has 23 heavy (non-hydrogen) atoms. The van der Waals surface area contributed by atoms with Gasteiger partial charge in [-0.05, 0) is 62.2 Å². The number of aromatic hydroxyl groups is 1. The van der Waals surface area contributed by atoms with Gasteiger partial charge in [-0.2, -0.15) is 0 Å². The summed E-state index contributed by atoms with van der Waals surface area (Å²) in [6.07, 6.45) is 1.39. The van der Waals surface area contributed by atoms with Gasteiger partial charge in [-0.15, -0.1) is 0 Å². The average molecular weight is 311 g/mol. The molecule has 0 fully saturated rings. The zero-order valence-electron chi connectivity index (χ0n) is 13.1. The highest BCUT2D eigenvalue weighted by atomic mass is 16.5. The predicted molar refractivity (Wildman–Crippen MR) is 86.5 cm³/mol. The second kappa shape index (κ2) is 5.64. The van der Waals surface area contributed by atoms with E-state index in [1.54, 1.807) is 12.1 Å². The lowest BCUT2D eigenvalue weighted by Gasteiger charge is -2.11. The Bertz CT molecular complexity index is 854. The fourth-order valence-electron chi connectivity index (χ4n) is 2.75. The molecule has 0 aliphatic carbocycles. The maximum Gasteiger partial charge on any atom is 0.157 e. The number of phenols is 1. The van der Waals surface area contributed by atoms with E-state index in [0.717, 1.165) is 33.9 Å². The summed E-state index contributed by atoms with van der Waals surface area (Å²) in [7, 11) is 0. The molecule has 118 valence electrons. The maximum absolute atomic E-state index is 9.50. The van der Waals surface area contributed by atoms with E-state index in [9.17, 15) is 5.11 Å². The molecule has 6 nitrogen and oxygen atoms in total. The summed E-state index contributed by atoms with van der Waals surface area (Å²) < 4.78 is 7.23. The van der Waals surface area contributed by atoms with Crippen molar-refractivity contribution in [3.63, 3.8) is 0 Å². The lowest BCUT2D eigenvalue weighted by molar-refractivity contribution is 0.321. The molecule has 1 aromatic carbocycles. The third kappa shape index (κ3) is 2.48. The summed E-state index contributed by atoms with van der Waals surface area (Å²) >= 11 is 0. The topological polar surface area (TPSA) is 83.8 Å². The second-order valence-electron chi connectivity index (χ2n) is 5.40. The Morgan fingerprint density at radius 1 is 1.17 bits per heavy atom. The summed E-state index contributed by atoms with van der Waals surface area (Å²) in [5.41, 5.74) is 5.06. The van der Waals surface area contributed by atoms with Gasteiger partial charge >= 0.3 is 0 Å². The van der Waals surface area contributed by atoms with Crippen molar-refractivity contribution in [3.8, 4) is 22.7 Å². The van der Waals surface area contributed by atoms with Gasteiger partial charge in [-0.1, -0.05) is 10.3 Å². The van der Waals surface area contributed by atoms with Crippen LogP contribution in [0.4, 0.5) is 0 Å². The Balaban J connectivity index is 2.33. The number of aromatic nitrogens is 2. The normalized spacial score (nSPS) is 11.4. The number of nitrogens with zero attached hydrogens (tertiary/aromatic N) is 3. The molecule has 3 rings (SSSR count). The van der Waals surface area contributed by atoms with Crippen LogP contribution in [0, 0.1) is 20.8 Å². The molecule has 0 unspecified atom stereocenters. The van der Waals surface area contributed by atoms with E-state index in [0.29, 0.717) is 5.76 Å². The van der Waals surface area contributed by atoms with E-state index in [1.165, 1.54) is 6.21 Å². The highest BCUT2D eigenvalue weighted by Gasteiger charge is 2.20. The Morgan fingerprint density at radius 3 is 2.43 bits per heavy atom. The summed E-state index contributed by atoms with van der Waals surface area (Å²) in [5.74, 6) is 0.878. The molecular formula is C17H17N3O3. The third-order valence-electron chi connectivity index (χ3n) is 3.80. The third-order valence-corrected chi connectivity index (χ3v) is 3.80. The predicted octanol–water partition coefficient (Wildman–Crippen LogP) is 3.57. The van der Waals surface area contributed by atoms with Crippen molar-refractivity contribution in [3.05, 3.63) is 53.0 Å². The molecule has 2 N–H and O–H groups in total. The van der Waals surface area contributed by atoms with Crippen molar-refractivity contribution in [2.24, 2.45) is 5.16 Å². The van der Waals surface area contributed by atoms with Crippen LogP contribution in [-0.4, -0.2) is 26.3 Å². The number of aryl methyl sites for hydroxylation is 3. The summed E-state index contributed by atoms with van der Waals surface area (Å²) in [4.78, 5) is 0. The van der Waals surface area contributed by atoms with E-state index in [1.807, 2.05) is 43.5 Å². The number of oxime groups is 1. The van der Waals surface area contributed by atoms with Crippen molar-refractivity contribution in [1.82, 2.24) is 9.72 Å². The van der Waals surface area contributed by atoms with Crippen LogP contribution in [0.15, 0.2) is 40.0 Å². The molecule has 3 aromatic rings. The molecule has 2 heterocycles. The Hall–Kier alpha value is -3.02. The van der Waals surface area contributed by atoms with E-state index in [-0.39, 0.29) is 5.75 Å². The zero-order valence-corrected chi connectivity index (χ0v) is 13.1. The molecule has 0 amide bonds. The number of hydrogen-bond donors (Lipinski definition) is 2. The van der Waals surface area contributed by atoms with Gasteiger partial charge in [0.1, 0.15) is 17.1 Å². The Labute approximate surface area is 133 Å². The summed E-state index contributed by atoms with van der Waals surface area (Å²) in [6.45, 7) is 5.64. The fourth-order valence-corrected chi connectivity index (χ4v) is 2.75. The number of rotatable bonds is 3. The van der Waals surface area contributed by atoms with Crippen LogP contribution in [0.2, 0.25) is 0 Å². The van der Waals surface area contributed by atoms with Gasteiger partial charge in [0.2, 0.25) is 0 Å². The Morgan fingerprint density at radius 2 is 1.87 bits per heavy atom. The Kier molecular flexibility index (Phi) is 3.65. The first-order chi connectivity index (χ1) is 11.0. The molecule has 0 radical (unpaired) electrons. The maximum atomic E-state index is 9.50. The second-order valence-corrected chi connectivity index (χ2v) is 5.40. The highest BCUT2D eigenvalue weighted by molar-refractivity contribution is 5.84. The first-order valence-corrected chi connectivity index (χ1v) is 7.15. The minimum absolute atomic E-state index is 0.207. The van der Waals surface area contributed by atoms with Crippen LogP contribution >= 0.6 is 0 Å². The quantitative estimate of drug-likeness (QED) is 0.440. The number of phenolic OH excluding ortho intramolecular Hbond substituents is 1. The monoisotopic (exact) mass is 311 g/mol. The first-order valence-electron chi connectivity index (χ1n) is 7.15. The van der Waals surface area contributed by atoms with Crippen molar-refractivity contribution in [2.45, 2.75) is 20.8 Å². The minimum Gasteiger partial charge on any atom is -0.508 e. The van der Waals surface area contributed by atoms with Gasteiger partial charge in [-0.25, -0.2) is 0 Å². The zero-order chi connectivity index (χ0) is 16.6. The largest absolute Gasteiger partial charge is 0.508 e. The molecule has 0 spiro atoms. The van der Waals surface area contributed by atoms with Crippen LogP contribution < -0.4 is 0 Å². The number of hydrogen-bond acceptors (Lipinski definition) is 5. The molecule has 0 aliphatic heterocycles. The fraction of sp³-hybridized carbons (Fsp3) is 0.176. The van der Waals surface area contributed by atoms with Gasteiger partial charge in [0.05, 0.1) is 17.6 Å². The molecule has 0 aliphatic rings. The summed E-state index contributed by atoms with van der Waals surface area (Å²) in [6, 6.07) is 8.93. The molecule has 0 bridgehead atoms. The average Bonchev–Trinajstić information content (AvgIpc) is 3.01. The lowest BCUT2D eigenvalue weighted by atomic mass is 10.1. The SMILES string of the molecule is Cc1cc(-c2ccc(O)cc2)n(-c2c(C)noc2C)c1C=NO. The van der Waals surface area contributed by atoms with Crippen LogP contribution in [0.5, 0.6) is 5.75 Å². The van der Waals surface area contributed by atoms with Crippen molar-refractivity contribution < 1.29 is 14.8 Å². The minimum atomic E-state index is 0.207. The van der Waals surface area contributed by atoms with E-state index < -0.39 is 0 Å². The standard InChI is InChI=1S/C17H17N3O3/c1-10-8-15(13-4-6-14(21)7-5-13)20(16(10)9-18-22)17-11(2)19-23-12(17)3/h4-9,21-22H,1-3H3. The van der Waals surface area contributed by atoms with Gasteiger partial charge < -0.3 is 19.4 Å². The van der Waals surface area contributed by atoms with Crippen molar-refractivity contribution in [2.75, 3.05) is 0 Å². The smallest absolute Gasteiger partial charge is 0.157 e. The molecule has 0 atom stereocenters. The molecule has 6 heteroatoms. The van der Waals surface area contributed by atoms with Crippen LogP contribution in [0.25, 0.3) is 16.9 Å².